The van der Waals surface area contributed by atoms with Gasteiger partial charge in [0, 0.05) is 29.0 Å². The summed E-state index contributed by atoms with van der Waals surface area (Å²) >= 11 is 0. The predicted molar refractivity (Wildman–Crippen MR) is 143 cm³/mol. The quantitative estimate of drug-likeness (QED) is 0.310. The molecule has 7 heteroatoms. The largest absolute Gasteiger partial charge is 0.493 e. The van der Waals surface area contributed by atoms with E-state index in [1.165, 1.54) is 5.56 Å². The molecular formula is C30H31FN2O4. The summed E-state index contributed by atoms with van der Waals surface area (Å²) in [6.07, 6.45) is 3.40. The molecule has 0 amide bonds. The number of ether oxygens (including phenoxy) is 1. The van der Waals surface area contributed by atoms with Crippen LogP contribution in [0.2, 0.25) is 0 Å². The van der Waals surface area contributed by atoms with Crippen LogP contribution in [-0.2, 0) is 17.6 Å². The Kier molecular flexibility index (Phi) is 8.46. The third-order valence-corrected chi connectivity index (χ3v) is 5.93. The Balaban J connectivity index is 0.000000420. The fourth-order valence-corrected chi connectivity index (χ4v) is 4.55. The van der Waals surface area contributed by atoms with Gasteiger partial charge in [0.05, 0.1) is 29.4 Å². The van der Waals surface area contributed by atoms with Gasteiger partial charge in [-0.25, -0.2) is 4.39 Å². The molecule has 4 aromatic rings. The number of carbonyl (C=O) groups is 1. The molecule has 1 aliphatic heterocycles. The normalized spacial score (nSPS) is 11.9. The number of pyridine rings is 1. The molecule has 0 aliphatic carbocycles. The number of rotatable bonds is 2. The Bertz CT molecular complexity index is 1480. The summed E-state index contributed by atoms with van der Waals surface area (Å²) in [6.45, 7) is 9.51. The van der Waals surface area contributed by atoms with Crippen molar-refractivity contribution in [3.05, 3.63) is 70.7 Å². The summed E-state index contributed by atoms with van der Waals surface area (Å²) < 4.78 is 21.1. The van der Waals surface area contributed by atoms with Crippen LogP contribution in [0.3, 0.4) is 0 Å². The minimum absolute atomic E-state index is 0.250. The van der Waals surface area contributed by atoms with Crippen molar-refractivity contribution in [3.8, 4) is 22.9 Å². The maximum absolute atomic E-state index is 15.2. The zero-order chi connectivity index (χ0) is 27.3. The highest BCUT2D eigenvalue weighted by atomic mass is 19.1. The maximum Gasteiger partial charge on any atom is 0.290 e. The molecule has 0 saturated carbocycles. The molecule has 3 aromatic carbocycles. The van der Waals surface area contributed by atoms with E-state index in [2.05, 4.69) is 6.07 Å². The summed E-state index contributed by atoms with van der Waals surface area (Å²) in [5, 5.41) is 27.0. The van der Waals surface area contributed by atoms with Gasteiger partial charge in [0.25, 0.3) is 6.47 Å². The molecule has 1 aliphatic rings. The van der Waals surface area contributed by atoms with E-state index in [1.54, 1.807) is 32.9 Å². The number of carboxylic acid groups (broad SMARTS) is 1. The number of benzene rings is 3. The number of nitriles is 1. The third-order valence-electron chi connectivity index (χ3n) is 5.93. The lowest BCUT2D eigenvalue weighted by atomic mass is 9.86. The smallest absolute Gasteiger partial charge is 0.290 e. The number of hydrogen-bond acceptors (Lipinski definition) is 5. The Morgan fingerprint density at radius 2 is 1.86 bits per heavy atom. The summed E-state index contributed by atoms with van der Waals surface area (Å²) in [5.74, 6) is 0.600. The molecule has 0 spiro atoms. The molecule has 0 saturated heterocycles. The van der Waals surface area contributed by atoms with Crippen molar-refractivity contribution in [1.82, 2.24) is 4.98 Å². The van der Waals surface area contributed by atoms with Gasteiger partial charge >= 0.3 is 0 Å². The SMILES string of the molecule is CC(C)(C)O.CCc1c(C)c(F)c2cc(C#N)ccc2c1-c1ccc2c3c(ccnc13)CCO2.O=CO. The predicted octanol–water partition coefficient (Wildman–Crippen LogP) is 6.35. The van der Waals surface area contributed by atoms with Gasteiger partial charge in [0.2, 0.25) is 0 Å². The van der Waals surface area contributed by atoms with Crippen molar-refractivity contribution in [2.75, 3.05) is 6.61 Å². The Morgan fingerprint density at radius 1 is 1.19 bits per heavy atom. The van der Waals surface area contributed by atoms with Gasteiger partial charge in [0.15, 0.2) is 0 Å². The van der Waals surface area contributed by atoms with E-state index in [9.17, 15) is 5.26 Å². The molecule has 2 N–H and O–H groups in total. The lowest BCUT2D eigenvalue weighted by molar-refractivity contribution is -0.122. The van der Waals surface area contributed by atoms with E-state index < -0.39 is 5.60 Å². The molecule has 0 atom stereocenters. The van der Waals surface area contributed by atoms with Gasteiger partial charge in [-0.2, -0.15) is 5.26 Å². The van der Waals surface area contributed by atoms with Gasteiger partial charge in [-0.3, -0.25) is 9.78 Å². The number of aliphatic hydroxyl groups is 1. The summed E-state index contributed by atoms with van der Waals surface area (Å²) in [4.78, 5) is 13.1. The van der Waals surface area contributed by atoms with Gasteiger partial charge in [-0.15, -0.1) is 0 Å². The summed E-state index contributed by atoms with van der Waals surface area (Å²) in [7, 11) is 0. The molecular weight excluding hydrogens is 471 g/mol. The van der Waals surface area contributed by atoms with Gasteiger partial charge in [0.1, 0.15) is 11.6 Å². The topological polar surface area (TPSA) is 103 Å². The molecule has 37 heavy (non-hydrogen) atoms. The molecule has 5 rings (SSSR count). The standard InChI is InChI=1S/C25H19FN2O.C4H10O.CH2O2/c1-3-17-14(2)24(26)20-12-15(13-27)4-5-18(20)23(17)19-6-7-21-22-16(9-11-29-21)8-10-28-25(19)22;1-4(2,3)5;2-1-3/h4-8,10,12H,3,9,11H2,1-2H3;5H,1-3H3;1H,(H,2,3). The first-order valence-corrected chi connectivity index (χ1v) is 12.0. The molecule has 0 radical (unpaired) electrons. The van der Waals surface area contributed by atoms with Crippen LogP contribution in [0.15, 0.2) is 42.6 Å². The summed E-state index contributed by atoms with van der Waals surface area (Å²) in [5.41, 5.74) is 5.63. The number of aromatic nitrogens is 1. The van der Waals surface area contributed by atoms with Crippen LogP contribution < -0.4 is 4.74 Å². The van der Waals surface area contributed by atoms with Gasteiger partial charge < -0.3 is 14.9 Å². The minimum atomic E-state index is -0.500. The van der Waals surface area contributed by atoms with E-state index in [1.807, 2.05) is 44.3 Å². The second kappa shape index (κ2) is 11.4. The highest BCUT2D eigenvalue weighted by molar-refractivity contribution is 6.08. The number of nitrogens with zero attached hydrogens (tertiary/aromatic N) is 2. The molecule has 6 nitrogen and oxygen atoms in total. The van der Waals surface area contributed by atoms with Crippen LogP contribution in [0.25, 0.3) is 32.8 Å². The number of fused-ring (bicyclic) bond motifs is 1. The van der Waals surface area contributed by atoms with Gasteiger partial charge in [-0.05, 0) is 92.1 Å². The number of hydrogen-bond donors (Lipinski definition) is 2. The maximum atomic E-state index is 15.2. The Morgan fingerprint density at radius 3 is 2.49 bits per heavy atom. The molecule has 0 bridgehead atoms. The van der Waals surface area contributed by atoms with E-state index in [0.717, 1.165) is 45.1 Å². The van der Waals surface area contributed by atoms with E-state index >= 15 is 4.39 Å². The Hall–Kier alpha value is -4.02. The molecule has 2 heterocycles. The minimum Gasteiger partial charge on any atom is -0.493 e. The molecule has 1 aromatic heterocycles. The van der Waals surface area contributed by atoms with E-state index in [0.29, 0.717) is 29.5 Å². The highest BCUT2D eigenvalue weighted by Crippen LogP contribution is 2.43. The first kappa shape index (κ1) is 27.6. The van der Waals surface area contributed by atoms with Crippen LogP contribution in [-0.4, -0.2) is 33.9 Å². The lowest BCUT2D eigenvalue weighted by Gasteiger charge is -2.22. The van der Waals surface area contributed by atoms with Crippen molar-refractivity contribution >= 4 is 28.1 Å². The molecule has 0 unspecified atom stereocenters. The third kappa shape index (κ3) is 5.87. The van der Waals surface area contributed by atoms with Crippen molar-refractivity contribution in [3.63, 3.8) is 0 Å². The van der Waals surface area contributed by atoms with E-state index in [4.69, 9.17) is 24.7 Å². The average Bonchev–Trinajstić information content (AvgIpc) is 2.86. The van der Waals surface area contributed by atoms with Crippen LogP contribution in [0.1, 0.15) is 49.9 Å². The Labute approximate surface area is 216 Å². The fourth-order valence-electron chi connectivity index (χ4n) is 4.55. The van der Waals surface area contributed by atoms with E-state index in [-0.39, 0.29) is 12.3 Å². The first-order valence-electron chi connectivity index (χ1n) is 12.0. The fraction of sp³-hybridized carbons (Fsp3) is 0.300. The van der Waals surface area contributed by atoms with Crippen LogP contribution >= 0.6 is 0 Å². The molecule has 0 fully saturated rings. The van der Waals surface area contributed by atoms with Crippen LogP contribution in [0.4, 0.5) is 4.39 Å². The van der Waals surface area contributed by atoms with Gasteiger partial charge in [-0.1, -0.05) is 13.0 Å². The average molecular weight is 503 g/mol. The van der Waals surface area contributed by atoms with Crippen molar-refractivity contribution < 1.29 is 24.1 Å². The van der Waals surface area contributed by atoms with Crippen molar-refractivity contribution in [2.24, 2.45) is 0 Å². The van der Waals surface area contributed by atoms with Crippen LogP contribution in [0.5, 0.6) is 5.75 Å². The highest BCUT2D eigenvalue weighted by Gasteiger charge is 2.22. The molecule has 192 valence electrons. The zero-order valence-corrected chi connectivity index (χ0v) is 21.7. The monoisotopic (exact) mass is 502 g/mol. The number of halogens is 1. The van der Waals surface area contributed by atoms with Crippen molar-refractivity contribution in [1.29, 1.82) is 5.26 Å². The lowest BCUT2D eigenvalue weighted by Crippen LogP contribution is -2.10. The zero-order valence-electron chi connectivity index (χ0n) is 21.7. The summed E-state index contributed by atoms with van der Waals surface area (Å²) in [6, 6.07) is 13.4. The van der Waals surface area contributed by atoms with Crippen molar-refractivity contribution in [2.45, 2.75) is 53.1 Å². The second-order valence-corrected chi connectivity index (χ2v) is 9.70. The van der Waals surface area contributed by atoms with Crippen LogP contribution in [0, 0.1) is 24.1 Å². The first-order chi connectivity index (χ1) is 17.5. The second-order valence-electron chi connectivity index (χ2n) is 9.70.